The monoisotopic (exact) mass is 454 g/mol. The van der Waals surface area contributed by atoms with Crippen LogP contribution in [0.2, 0.25) is 0 Å². The fourth-order valence-electron chi connectivity index (χ4n) is 4.54. The summed E-state index contributed by atoms with van der Waals surface area (Å²) < 4.78 is 16.5. The largest absolute Gasteiger partial charge is 0.467 e. The van der Waals surface area contributed by atoms with Crippen molar-refractivity contribution in [3.05, 3.63) is 48.3 Å². The molecule has 2 aromatic heterocycles. The van der Waals surface area contributed by atoms with Crippen molar-refractivity contribution in [2.24, 2.45) is 11.0 Å². The van der Waals surface area contributed by atoms with Gasteiger partial charge in [0.1, 0.15) is 29.8 Å². The van der Waals surface area contributed by atoms with Crippen molar-refractivity contribution in [1.82, 2.24) is 14.8 Å². The van der Waals surface area contributed by atoms with Crippen LogP contribution >= 0.6 is 0 Å². The topological polar surface area (TPSA) is 91.7 Å². The number of carbonyl (C=O) groups excluding carboxylic acids is 2. The molecule has 4 heterocycles. The number of nitrogens with zero attached hydrogens (tertiary/aromatic N) is 4. The first-order valence-electron chi connectivity index (χ1n) is 11.7. The number of rotatable bonds is 8. The van der Waals surface area contributed by atoms with Crippen LogP contribution in [-0.2, 0) is 14.3 Å². The Labute approximate surface area is 192 Å². The van der Waals surface area contributed by atoms with Crippen molar-refractivity contribution >= 4 is 17.5 Å². The van der Waals surface area contributed by atoms with Gasteiger partial charge in [0.25, 0.3) is 5.91 Å². The van der Waals surface area contributed by atoms with Gasteiger partial charge in [-0.25, -0.2) is 5.01 Å². The maximum absolute atomic E-state index is 13.5. The number of hydrazone groups is 1. The Hall–Kier alpha value is -2.91. The zero-order chi connectivity index (χ0) is 22.6. The first-order chi connectivity index (χ1) is 16.2. The molecule has 1 atom stereocenters. The summed E-state index contributed by atoms with van der Waals surface area (Å²) in [5, 5.41) is 6.06. The van der Waals surface area contributed by atoms with Crippen molar-refractivity contribution in [3.63, 3.8) is 0 Å². The second kappa shape index (κ2) is 9.93. The molecule has 3 aliphatic rings. The number of furan rings is 2. The Kier molecular flexibility index (Phi) is 6.59. The lowest BCUT2D eigenvalue weighted by Crippen LogP contribution is -2.49. The summed E-state index contributed by atoms with van der Waals surface area (Å²) in [7, 11) is 0. The van der Waals surface area contributed by atoms with E-state index in [1.165, 1.54) is 5.01 Å². The number of hydrogen-bond donors (Lipinski definition) is 0. The Morgan fingerprint density at radius 1 is 1.09 bits per heavy atom. The molecular weight excluding hydrogens is 424 g/mol. The second-order valence-electron chi connectivity index (χ2n) is 8.84. The standard InChI is InChI=1S/C24H30N4O5/c29-23(17-27(24(30)18-4-1-5-18)9-8-26-10-14-31-15-11-26)28-20(22-7-3-13-33-22)16-19(25-28)21-6-2-12-32-21/h2-3,6-7,12-13,18,20H,1,4-5,8-11,14-17H2. The molecular formula is C24H30N4O5. The third kappa shape index (κ3) is 4.89. The van der Waals surface area contributed by atoms with E-state index >= 15 is 0 Å². The highest BCUT2D eigenvalue weighted by atomic mass is 16.5. The molecule has 0 spiro atoms. The minimum atomic E-state index is -0.354. The van der Waals surface area contributed by atoms with Gasteiger partial charge < -0.3 is 18.5 Å². The molecule has 0 bridgehead atoms. The number of carbonyl (C=O) groups is 2. The first kappa shape index (κ1) is 21.9. The Morgan fingerprint density at radius 3 is 2.55 bits per heavy atom. The molecule has 33 heavy (non-hydrogen) atoms. The summed E-state index contributed by atoms with van der Waals surface area (Å²) in [6, 6.07) is 6.93. The molecule has 5 rings (SSSR count). The predicted octanol–water partition coefficient (Wildman–Crippen LogP) is 2.51. The van der Waals surface area contributed by atoms with Gasteiger partial charge in [0.05, 0.1) is 25.7 Å². The molecule has 2 amide bonds. The summed E-state index contributed by atoms with van der Waals surface area (Å²) >= 11 is 0. The quantitative estimate of drug-likeness (QED) is 0.609. The maximum atomic E-state index is 13.5. The van der Waals surface area contributed by atoms with Crippen LogP contribution in [0, 0.1) is 5.92 Å². The molecule has 1 aliphatic carbocycles. The van der Waals surface area contributed by atoms with Crippen LogP contribution in [0.4, 0.5) is 0 Å². The summed E-state index contributed by atoms with van der Waals surface area (Å²) in [6.07, 6.45) is 6.57. The lowest BCUT2D eigenvalue weighted by Gasteiger charge is -2.34. The van der Waals surface area contributed by atoms with E-state index in [0.717, 1.165) is 38.9 Å². The van der Waals surface area contributed by atoms with Crippen molar-refractivity contribution in [1.29, 1.82) is 0 Å². The van der Waals surface area contributed by atoms with Crippen LogP contribution in [-0.4, -0.2) is 78.3 Å². The van der Waals surface area contributed by atoms with Crippen LogP contribution in [0.5, 0.6) is 0 Å². The molecule has 0 N–H and O–H groups in total. The summed E-state index contributed by atoms with van der Waals surface area (Å²) in [5.41, 5.74) is 0.694. The van der Waals surface area contributed by atoms with Crippen molar-refractivity contribution in [2.75, 3.05) is 45.9 Å². The molecule has 2 fully saturated rings. The van der Waals surface area contributed by atoms with Gasteiger partial charge in [0.15, 0.2) is 0 Å². The average molecular weight is 455 g/mol. The van der Waals surface area contributed by atoms with Crippen LogP contribution in [0.3, 0.4) is 0 Å². The number of amides is 2. The van der Waals surface area contributed by atoms with Gasteiger partial charge in [-0.3, -0.25) is 14.5 Å². The van der Waals surface area contributed by atoms with Gasteiger partial charge in [0, 0.05) is 38.5 Å². The molecule has 9 nitrogen and oxygen atoms in total. The number of hydrogen-bond acceptors (Lipinski definition) is 7. The van der Waals surface area contributed by atoms with Gasteiger partial charge in [-0.05, 0) is 37.1 Å². The van der Waals surface area contributed by atoms with Crippen molar-refractivity contribution in [2.45, 2.75) is 31.7 Å². The van der Waals surface area contributed by atoms with Gasteiger partial charge in [-0.1, -0.05) is 6.42 Å². The fraction of sp³-hybridized carbons (Fsp3) is 0.542. The molecule has 176 valence electrons. The molecule has 0 aromatic carbocycles. The third-order valence-electron chi connectivity index (χ3n) is 6.73. The Bertz CT molecular complexity index is 961. The summed E-state index contributed by atoms with van der Waals surface area (Å²) in [6.45, 7) is 4.38. The van der Waals surface area contributed by atoms with E-state index in [1.54, 1.807) is 29.6 Å². The lowest BCUT2D eigenvalue weighted by atomic mass is 9.84. The van der Waals surface area contributed by atoms with Crippen molar-refractivity contribution < 1.29 is 23.2 Å². The van der Waals surface area contributed by atoms with E-state index in [2.05, 4.69) is 10.0 Å². The lowest BCUT2D eigenvalue weighted by molar-refractivity contribution is -0.146. The second-order valence-corrected chi connectivity index (χ2v) is 8.84. The van der Waals surface area contributed by atoms with E-state index in [0.29, 0.717) is 43.4 Å². The highest BCUT2D eigenvalue weighted by Gasteiger charge is 2.38. The van der Waals surface area contributed by atoms with E-state index < -0.39 is 0 Å². The van der Waals surface area contributed by atoms with E-state index in [-0.39, 0.29) is 30.3 Å². The van der Waals surface area contributed by atoms with Crippen LogP contribution in [0.1, 0.15) is 43.2 Å². The number of ether oxygens (including phenoxy) is 1. The molecule has 0 radical (unpaired) electrons. The normalized spacial score (nSPS) is 21.6. The third-order valence-corrected chi connectivity index (χ3v) is 6.73. The molecule has 1 saturated carbocycles. The highest BCUT2D eigenvalue weighted by molar-refractivity contribution is 6.01. The van der Waals surface area contributed by atoms with Crippen LogP contribution in [0.15, 0.2) is 50.7 Å². The van der Waals surface area contributed by atoms with Crippen LogP contribution in [0.25, 0.3) is 0 Å². The van der Waals surface area contributed by atoms with E-state index in [4.69, 9.17) is 13.6 Å². The van der Waals surface area contributed by atoms with E-state index in [9.17, 15) is 9.59 Å². The minimum Gasteiger partial charge on any atom is -0.467 e. The van der Waals surface area contributed by atoms with E-state index in [1.807, 2.05) is 12.1 Å². The average Bonchev–Trinajstić information content (AvgIpc) is 3.56. The van der Waals surface area contributed by atoms with Gasteiger partial charge in [-0.2, -0.15) is 5.10 Å². The zero-order valence-electron chi connectivity index (χ0n) is 18.7. The zero-order valence-corrected chi connectivity index (χ0v) is 18.7. The minimum absolute atomic E-state index is 0.00577. The molecule has 9 heteroatoms. The summed E-state index contributed by atoms with van der Waals surface area (Å²) in [4.78, 5) is 30.6. The Morgan fingerprint density at radius 2 is 1.88 bits per heavy atom. The number of morpholine rings is 1. The molecule has 1 saturated heterocycles. The summed E-state index contributed by atoms with van der Waals surface area (Å²) in [5.74, 6) is 1.19. The SMILES string of the molecule is O=C(C1CCC1)N(CCN1CCOCC1)CC(=O)N1N=C(c2ccco2)CC1c1ccco1. The Balaban J connectivity index is 1.32. The maximum Gasteiger partial charge on any atom is 0.262 e. The van der Waals surface area contributed by atoms with Gasteiger partial charge in [-0.15, -0.1) is 0 Å². The van der Waals surface area contributed by atoms with Crippen molar-refractivity contribution in [3.8, 4) is 0 Å². The van der Waals surface area contributed by atoms with Gasteiger partial charge in [0.2, 0.25) is 5.91 Å². The fourth-order valence-corrected chi connectivity index (χ4v) is 4.54. The highest BCUT2D eigenvalue weighted by Crippen LogP contribution is 2.34. The molecule has 2 aliphatic heterocycles. The first-order valence-corrected chi connectivity index (χ1v) is 11.7. The smallest absolute Gasteiger partial charge is 0.262 e. The predicted molar refractivity (Wildman–Crippen MR) is 119 cm³/mol. The van der Waals surface area contributed by atoms with Crippen LogP contribution < -0.4 is 0 Å². The molecule has 1 unspecified atom stereocenters. The van der Waals surface area contributed by atoms with Gasteiger partial charge >= 0.3 is 0 Å². The molecule has 2 aromatic rings.